The minimum Gasteiger partial charge on any atom is -0.340 e. The Morgan fingerprint density at radius 2 is 2.40 bits per heavy atom. The second-order valence-corrected chi connectivity index (χ2v) is 4.38. The summed E-state index contributed by atoms with van der Waals surface area (Å²) in [5, 5.41) is 11.7. The Morgan fingerprint density at radius 1 is 1.67 bits per heavy atom. The molecule has 4 nitrogen and oxygen atoms in total. The lowest BCUT2D eigenvalue weighted by molar-refractivity contribution is -0.135. The number of nitriles is 1. The topological polar surface area (TPSA) is 56.1 Å². The van der Waals surface area contributed by atoms with Crippen molar-refractivity contribution in [1.82, 2.24) is 10.2 Å². The van der Waals surface area contributed by atoms with Gasteiger partial charge in [0.25, 0.3) is 0 Å². The summed E-state index contributed by atoms with van der Waals surface area (Å²) in [6, 6.07) is 1.76. The third-order valence-electron chi connectivity index (χ3n) is 2.65. The Labute approximate surface area is 91.2 Å². The maximum atomic E-state index is 11.8. The normalized spacial score (nSPS) is 21.9. The molecule has 1 aliphatic heterocycles. The van der Waals surface area contributed by atoms with Crippen LogP contribution in [0.1, 0.15) is 26.7 Å². The molecule has 1 aliphatic rings. The average Bonchev–Trinajstić information content (AvgIpc) is 2.19. The number of hydrogen-bond donors (Lipinski definition) is 1. The first-order valence-electron chi connectivity index (χ1n) is 5.54. The van der Waals surface area contributed by atoms with Gasteiger partial charge in [-0.2, -0.15) is 5.26 Å². The quantitative estimate of drug-likeness (QED) is 0.743. The fraction of sp³-hybridized carbons (Fsp3) is 0.818. The van der Waals surface area contributed by atoms with Crippen molar-refractivity contribution in [2.24, 2.45) is 5.92 Å². The standard InChI is InChI=1S/C11H19N3O/c1-9(2)4-7-14-8-6-13-10(3-5-12)11(14)15/h9-10,13H,3-4,6-8H2,1-2H3. The van der Waals surface area contributed by atoms with Crippen molar-refractivity contribution in [1.29, 1.82) is 5.26 Å². The number of carbonyl (C=O) groups excluding carboxylic acids is 1. The van der Waals surface area contributed by atoms with Crippen molar-refractivity contribution in [3.8, 4) is 6.07 Å². The molecule has 0 saturated carbocycles. The third-order valence-corrected chi connectivity index (χ3v) is 2.65. The number of piperazine rings is 1. The molecule has 1 rings (SSSR count). The van der Waals surface area contributed by atoms with Gasteiger partial charge in [-0.3, -0.25) is 4.79 Å². The van der Waals surface area contributed by atoms with E-state index in [9.17, 15) is 4.79 Å². The molecule has 0 spiro atoms. The SMILES string of the molecule is CC(C)CCN1CCNC(CC#N)C1=O. The lowest BCUT2D eigenvalue weighted by atomic mass is 10.1. The Morgan fingerprint density at radius 3 is 3.00 bits per heavy atom. The van der Waals surface area contributed by atoms with Crippen molar-refractivity contribution < 1.29 is 4.79 Å². The number of rotatable bonds is 4. The summed E-state index contributed by atoms with van der Waals surface area (Å²) < 4.78 is 0. The molecule has 1 saturated heterocycles. The fourth-order valence-electron chi connectivity index (χ4n) is 1.68. The molecule has 0 radical (unpaired) electrons. The molecule has 1 heterocycles. The first kappa shape index (κ1) is 12.0. The van der Waals surface area contributed by atoms with Gasteiger partial charge in [0.2, 0.25) is 5.91 Å². The van der Waals surface area contributed by atoms with Gasteiger partial charge in [0, 0.05) is 19.6 Å². The highest BCUT2D eigenvalue weighted by Gasteiger charge is 2.27. The van der Waals surface area contributed by atoms with Crippen LogP contribution in [0.25, 0.3) is 0 Å². The van der Waals surface area contributed by atoms with Gasteiger partial charge in [0.1, 0.15) is 6.04 Å². The van der Waals surface area contributed by atoms with Crippen molar-refractivity contribution in [2.45, 2.75) is 32.7 Å². The number of nitrogens with one attached hydrogen (secondary N) is 1. The number of nitrogens with zero attached hydrogens (tertiary/aromatic N) is 2. The summed E-state index contributed by atoms with van der Waals surface area (Å²) in [7, 11) is 0. The van der Waals surface area contributed by atoms with E-state index in [1.165, 1.54) is 0 Å². The van der Waals surface area contributed by atoms with Gasteiger partial charge in [-0.15, -0.1) is 0 Å². The van der Waals surface area contributed by atoms with Gasteiger partial charge in [-0.05, 0) is 12.3 Å². The largest absolute Gasteiger partial charge is 0.340 e. The highest BCUT2D eigenvalue weighted by Crippen LogP contribution is 2.08. The number of amides is 1. The fourth-order valence-corrected chi connectivity index (χ4v) is 1.68. The van der Waals surface area contributed by atoms with Gasteiger partial charge in [-0.1, -0.05) is 13.8 Å². The lowest BCUT2D eigenvalue weighted by Gasteiger charge is -2.32. The summed E-state index contributed by atoms with van der Waals surface area (Å²) in [5.41, 5.74) is 0. The smallest absolute Gasteiger partial charge is 0.240 e. The molecule has 0 aromatic heterocycles. The molecular weight excluding hydrogens is 190 g/mol. The molecule has 1 unspecified atom stereocenters. The number of carbonyl (C=O) groups is 1. The van der Waals surface area contributed by atoms with Crippen molar-refractivity contribution in [3.05, 3.63) is 0 Å². The van der Waals surface area contributed by atoms with E-state index >= 15 is 0 Å². The minimum absolute atomic E-state index is 0.0865. The Kier molecular flexibility index (Phi) is 4.57. The van der Waals surface area contributed by atoms with Crippen molar-refractivity contribution >= 4 is 5.91 Å². The molecule has 0 aliphatic carbocycles. The zero-order valence-electron chi connectivity index (χ0n) is 9.49. The zero-order chi connectivity index (χ0) is 11.3. The van der Waals surface area contributed by atoms with E-state index < -0.39 is 0 Å². The van der Waals surface area contributed by atoms with Gasteiger partial charge >= 0.3 is 0 Å². The van der Waals surface area contributed by atoms with Crippen molar-refractivity contribution in [3.63, 3.8) is 0 Å². The van der Waals surface area contributed by atoms with E-state index in [0.717, 1.165) is 26.1 Å². The lowest BCUT2D eigenvalue weighted by Crippen LogP contribution is -2.55. The highest BCUT2D eigenvalue weighted by molar-refractivity contribution is 5.82. The van der Waals surface area contributed by atoms with E-state index in [4.69, 9.17) is 5.26 Å². The summed E-state index contributed by atoms with van der Waals surface area (Å²) in [4.78, 5) is 13.7. The molecule has 84 valence electrons. The molecule has 15 heavy (non-hydrogen) atoms. The molecule has 1 atom stereocenters. The maximum Gasteiger partial charge on any atom is 0.240 e. The van der Waals surface area contributed by atoms with Crippen LogP contribution in [0.4, 0.5) is 0 Å². The maximum absolute atomic E-state index is 11.8. The van der Waals surface area contributed by atoms with E-state index in [-0.39, 0.29) is 18.4 Å². The molecule has 1 N–H and O–H groups in total. The minimum atomic E-state index is -0.282. The predicted molar refractivity (Wildman–Crippen MR) is 58.1 cm³/mol. The van der Waals surface area contributed by atoms with E-state index in [0.29, 0.717) is 5.92 Å². The molecule has 0 aromatic rings. The highest BCUT2D eigenvalue weighted by atomic mass is 16.2. The van der Waals surface area contributed by atoms with Gasteiger partial charge < -0.3 is 10.2 Å². The molecule has 4 heteroatoms. The van der Waals surface area contributed by atoms with Crippen LogP contribution in [0.5, 0.6) is 0 Å². The zero-order valence-corrected chi connectivity index (χ0v) is 9.49. The monoisotopic (exact) mass is 209 g/mol. The van der Waals surface area contributed by atoms with E-state index in [2.05, 4.69) is 19.2 Å². The Bertz CT molecular complexity index is 257. The average molecular weight is 209 g/mol. The summed E-state index contributed by atoms with van der Waals surface area (Å²) in [6.45, 7) is 6.70. The summed E-state index contributed by atoms with van der Waals surface area (Å²) in [5.74, 6) is 0.700. The predicted octanol–water partition coefficient (Wildman–Crippen LogP) is 0.747. The van der Waals surface area contributed by atoms with Gasteiger partial charge in [0.05, 0.1) is 12.5 Å². The molecule has 1 fully saturated rings. The van der Waals surface area contributed by atoms with Gasteiger partial charge in [-0.25, -0.2) is 0 Å². The van der Waals surface area contributed by atoms with Crippen LogP contribution < -0.4 is 5.32 Å². The Hall–Kier alpha value is -1.08. The van der Waals surface area contributed by atoms with Crippen LogP contribution in [0.3, 0.4) is 0 Å². The van der Waals surface area contributed by atoms with Crippen LogP contribution in [-0.4, -0.2) is 36.5 Å². The van der Waals surface area contributed by atoms with Crippen LogP contribution >= 0.6 is 0 Å². The van der Waals surface area contributed by atoms with Crippen LogP contribution in [0, 0.1) is 17.2 Å². The van der Waals surface area contributed by atoms with E-state index in [1.807, 2.05) is 11.0 Å². The number of hydrogen-bond acceptors (Lipinski definition) is 3. The Balaban J connectivity index is 2.44. The summed E-state index contributed by atoms with van der Waals surface area (Å²) >= 11 is 0. The van der Waals surface area contributed by atoms with Crippen molar-refractivity contribution in [2.75, 3.05) is 19.6 Å². The van der Waals surface area contributed by atoms with Crippen LogP contribution in [-0.2, 0) is 4.79 Å². The third kappa shape index (κ3) is 3.52. The first-order chi connectivity index (χ1) is 7.15. The molecular formula is C11H19N3O. The van der Waals surface area contributed by atoms with Crippen LogP contribution in [0.2, 0.25) is 0 Å². The van der Waals surface area contributed by atoms with E-state index in [1.54, 1.807) is 0 Å². The first-order valence-corrected chi connectivity index (χ1v) is 5.54. The van der Waals surface area contributed by atoms with Crippen LogP contribution in [0.15, 0.2) is 0 Å². The molecule has 0 bridgehead atoms. The molecule has 0 aromatic carbocycles. The van der Waals surface area contributed by atoms with Gasteiger partial charge in [0.15, 0.2) is 0 Å². The second-order valence-electron chi connectivity index (χ2n) is 4.38. The second kappa shape index (κ2) is 5.72. The molecule has 1 amide bonds. The summed E-state index contributed by atoms with van der Waals surface area (Å²) in [6.07, 6.45) is 1.31.